The van der Waals surface area contributed by atoms with Gasteiger partial charge in [-0.05, 0) is 91.9 Å². The first-order valence-electron chi connectivity index (χ1n) is 19.6. The van der Waals surface area contributed by atoms with E-state index < -0.39 is 6.04 Å². The second kappa shape index (κ2) is 14.2. The summed E-state index contributed by atoms with van der Waals surface area (Å²) < 4.78 is 9.90. The zero-order chi connectivity index (χ0) is 37.8. The fourth-order valence-corrected chi connectivity index (χ4v) is 9.63. The number of fused-ring (bicyclic) bond motifs is 3. The number of carbonyl (C=O) groups excluding carboxylic acids is 2. The number of aromatic amines is 1. The van der Waals surface area contributed by atoms with Crippen LogP contribution in [0, 0.1) is 0 Å². The third kappa shape index (κ3) is 6.18. The monoisotopic (exact) mass is 763 g/mol. The van der Waals surface area contributed by atoms with Gasteiger partial charge in [0.05, 0.1) is 51.1 Å². The van der Waals surface area contributed by atoms with Gasteiger partial charge in [-0.15, -0.1) is 11.3 Å². The van der Waals surface area contributed by atoms with Crippen LogP contribution in [0.5, 0.6) is 5.75 Å². The molecule has 5 aromatic heterocycles. The fraction of sp³-hybridized carbons (Fsp3) is 0.295. The molecule has 56 heavy (non-hydrogen) atoms. The highest BCUT2D eigenvalue weighted by Gasteiger charge is 2.29. The van der Waals surface area contributed by atoms with Crippen molar-refractivity contribution in [3.8, 4) is 17.1 Å². The summed E-state index contributed by atoms with van der Waals surface area (Å²) in [5, 5.41) is 16.2. The normalized spacial score (nSPS) is 16.0. The summed E-state index contributed by atoms with van der Waals surface area (Å²) in [4.78, 5) is 46.5. The number of rotatable bonds is 10. The minimum absolute atomic E-state index is 0.134. The zero-order valence-corrected chi connectivity index (χ0v) is 31.6. The van der Waals surface area contributed by atoms with Crippen LogP contribution < -0.4 is 5.32 Å². The molecule has 0 spiro atoms. The van der Waals surface area contributed by atoms with Gasteiger partial charge in [-0.3, -0.25) is 9.59 Å². The van der Waals surface area contributed by atoms with E-state index in [0.29, 0.717) is 34.9 Å². The first kappa shape index (κ1) is 34.5. The quantitative estimate of drug-likeness (QED) is 0.118. The number of nitrogens with one attached hydrogen (secondary N) is 2. The van der Waals surface area contributed by atoms with Crippen LogP contribution in [0.15, 0.2) is 94.7 Å². The molecule has 0 radical (unpaired) electrons. The molecule has 12 heteroatoms. The van der Waals surface area contributed by atoms with E-state index in [0.717, 1.165) is 88.6 Å². The van der Waals surface area contributed by atoms with Crippen LogP contribution in [0.2, 0.25) is 0 Å². The van der Waals surface area contributed by atoms with Gasteiger partial charge >= 0.3 is 0 Å². The topological polar surface area (TPSA) is 144 Å². The first-order valence-corrected chi connectivity index (χ1v) is 20.5. The number of nitrogens with zero attached hydrogens (tertiary/aromatic N) is 5. The summed E-state index contributed by atoms with van der Waals surface area (Å²) in [7, 11) is 0. The van der Waals surface area contributed by atoms with Gasteiger partial charge in [0.1, 0.15) is 17.8 Å². The predicted molar refractivity (Wildman–Crippen MR) is 216 cm³/mol. The summed E-state index contributed by atoms with van der Waals surface area (Å²) in [5.74, 6) is 1.01. The molecule has 10 rings (SSSR count). The van der Waals surface area contributed by atoms with Gasteiger partial charge in [0.15, 0.2) is 5.82 Å². The van der Waals surface area contributed by atoms with Crippen molar-refractivity contribution in [2.24, 2.45) is 0 Å². The number of furan rings is 1. The van der Waals surface area contributed by atoms with Crippen molar-refractivity contribution in [3.05, 3.63) is 118 Å². The van der Waals surface area contributed by atoms with Crippen LogP contribution >= 0.6 is 11.3 Å². The average Bonchev–Trinajstić information content (AvgIpc) is 4.08. The molecule has 0 saturated heterocycles. The number of benzene rings is 3. The highest BCUT2D eigenvalue weighted by Crippen LogP contribution is 2.38. The maximum atomic E-state index is 14.6. The lowest BCUT2D eigenvalue weighted by molar-refractivity contribution is 0.0935. The van der Waals surface area contributed by atoms with E-state index >= 15 is 0 Å². The van der Waals surface area contributed by atoms with Crippen LogP contribution in [0.4, 0.5) is 0 Å². The zero-order valence-electron chi connectivity index (χ0n) is 30.8. The Bertz CT molecular complexity index is 2710. The molecule has 8 aromatic rings. The highest BCUT2D eigenvalue weighted by atomic mass is 32.1. The Labute approximate surface area is 326 Å². The highest BCUT2D eigenvalue weighted by molar-refractivity contribution is 7.07. The van der Waals surface area contributed by atoms with Gasteiger partial charge in [0.2, 0.25) is 5.78 Å². The maximum Gasteiger partial charge on any atom is 0.251 e. The minimum atomic E-state index is -0.413. The SMILES string of the molecule is O=C(N[C@@H](Cc1c[nH]c2ccc(O)cc12)c1cscn1)c1ccc2c(c1)nc(C(=O)c1ccc3c(c1)nc(-c1ccoc1)n3C1CCCC1)n2C1CCCCC1. The van der Waals surface area contributed by atoms with Gasteiger partial charge in [-0.25, -0.2) is 15.0 Å². The van der Waals surface area contributed by atoms with Gasteiger partial charge < -0.3 is 29.0 Å². The van der Waals surface area contributed by atoms with Crippen molar-refractivity contribution in [1.82, 2.24) is 34.4 Å². The van der Waals surface area contributed by atoms with E-state index in [1.165, 1.54) is 30.6 Å². The van der Waals surface area contributed by atoms with Gasteiger partial charge in [-0.2, -0.15) is 0 Å². The van der Waals surface area contributed by atoms with Crippen molar-refractivity contribution >= 4 is 56.0 Å². The molecule has 2 fully saturated rings. The molecule has 0 aliphatic heterocycles. The Kier molecular flexibility index (Phi) is 8.77. The lowest BCUT2D eigenvalue weighted by Gasteiger charge is -2.25. The molecule has 282 valence electrons. The van der Waals surface area contributed by atoms with Crippen LogP contribution in [-0.2, 0) is 6.42 Å². The number of carbonyl (C=O) groups is 2. The number of hydrogen-bond acceptors (Lipinski definition) is 8. The molecule has 1 amide bonds. The lowest BCUT2D eigenvalue weighted by atomic mass is 9.94. The summed E-state index contributed by atoms with van der Waals surface area (Å²) in [6.45, 7) is 0. The number of imidazole rings is 2. The standard InChI is InChI=1S/C44H41N7O4S/c52-32-12-13-34-33(21-32)29(22-45-34)20-35(38-24-56-25-46-38)49-44(54)27-11-15-40-37(19-27)48-43(51(40)31-6-2-1-3-7-31)41(53)26-10-14-39-36(18-26)47-42(28-16-17-55-23-28)50(39)30-8-4-5-9-30/h10-19,21-25,30-31,35,45,52H,1-9,20H2,(H,49,54)/t35-/m0/s1. The van der Waals surface area contributed by atoms with Crippen LogP contribution in [0.3, 0.4) is 0 Å². The molecule has 0 unspecified atom stereocenters. The summed E-state index contributed by atoms with van der Waals surface area (Å²) in [5.41, 5.74) is 9.54. The Morgan fingerprint density at radius 2 is 1.61 bits per heavy atom. The van der Waals surface area contributed by atoms with Crippen molar-refractivity contribution in [1.29, 1.82) is 0 Å². The van der Waals surface area contributed by atoms with Crippen molar-refractivity contribution in [2.75, 3.05) is 0 Å². The second-order valence-corrected chi connectivity index (χ2v) is 16.0. The van der Waals surface area contributed by atoms with E-state index in [-0.39, 0.29) is 23.5 Å². The average molecular weight is 764 g/mol. The molecular formula is C44H41N7O4S. The van der Waals surface area contributed by atoms with Crippen LogP contribution in [0.1, 0.15) is 114 Å². The number of thiazole rings is 1. The lowest BCUT2D eigenvalue weighted by Crippen LogP contribution is -2.30. The van der Waals surface area contributed by atoms with E-state index in [9.17, 15) is 14.7 Å². The molecule has 11 nitrogen and oxygen atoms in total. The predicted octanol–water partition coefficient (Wildman–Crippen LogP) is 9.85. The number of phenolic OH excluding ortho intramolecular Hbond substituents is 1. The van der Waals surface area contributed by atoms with E-state index in [1.807, 2.05) is 54.0 Å². The van der Waals surface area contributed by atoms with Gasteiger partial charge in [-0.1, -0.05) is 32.1 Å². The van der Waals surface area contributed by atoms with Crippen molar-refractivity contribution in [2.45, 2.75) is 82.3 Å². The molecule has 3 aromatic carbocycles. The molecule has 3 N–H and O–H groups in total. The number of amides is 1. The number of aromatic nitrogens is 6. The third-order valence-corrected chi connectivity index (χ3v) is 12.4. The summed E-state index contributed by atoms with van der Waals surface area (Å²) in [6.07, 6.45) is 15.7. The number of H-pyrrole nitrogens is 1. The Hall–Kier alpha value is -6.01. The Balaban J connectivity index is 0.994. The summed E-state index contributed by atoms with van der Waals surface area (Å²) in [6, 6.07) is 18.6. The van der Waals surface area contributed by atoms with E-state index in [1.54, 1.807) is 36.2 Å². The first-order chi connectivity index (χ1) is 27.5. The molecule has 5 heterocycles. The molecule has 2 saturated carbocycles. The van der Waals surface area contributed by atoms with Crippen LogP contribution in [0.25, 0.3) is 44.4 Å². The molecule has 1 atom stereocenters. The molecule has 0 bridgehead atoms. The molecule has 2 aliphatic carbocycles. The van der Waals surface area contributed by atoms with Crippen LogP contribution in [-0.4, -0.2) is 45.9 Å². The minimum Gasteiger partial charge on any atom is -0.508 e. The number of phenols is 1. The smallest absolute Gasteiger partial charge is 0.251 e. The maximum absolute atomic E-state index is 14.6. The molecule has 2 aliphatic rings. The van der Waals surface area contributed by atoms with Crippen molar-refractivity contribution in [3.63, 3.8) is 0 Å². The van der Waals surface area contributed by atoms with E-state index in [4.69, 9.17) is 14.4 Å². The Morgan fingerprint density at radius 1 is 0.875 bits per heavy atom. The van der Waals surface area contributed by atoms with Gasteiger partial charge in [0, 0.05) is 52.1 Å². The van der Waals surface area contributed by atoms with Crippen molar-refractivity contribution < 1.29 is 19.1 Å². The molecular weight excluding hydrogens is 723 g/mol. The van der Waals surface area contributed by atoms with Gasteiger partial charge in [0.25, 0.3) is 5.91 Å². The number of ketones is 1. The number of aromatic hydroxyl groups is 1. The van der Waals surface area contributed by atoms with E-state index in [2.05, 4.69) is 24.4 Å². The Morgan fingerprint density at radius 3 is 2.38 bits per heavy atom. The second-order valence-electron chi connectivity index (χ2n) is 15.3. The fourth-order valence-electron chi connectivity index (χ4n) is 9.03. The summed E-state index contributed by atoms with van der Waals surface area (Å²) >= 11 is 1.47. The third-order valence-electron chi connectivity index (χ3n) is 11.8. The number of hydrogen-bond donors (Lipinski definition) is 3. The largest absolute Gasteiger partial charge is 0.508 e.